The third kappa shape index (κ3) is 9.44. The first-order chi connectivity index (χ1) is 9.01. The highest BCUT2D eigenvalue weighted by Crippen LogP contribution is 2.11. The van der Waals surface area contributed by atoms with E-state index in [1.165, 1.54) is 32.4 Å². The van der Waals surface area contributed by atoms with Gasteiger partial charge >= 0.3 is 0 Å². The van der Waals surface area contributed by atoms with Crippen molar-refractivity contribution in [2.75, 3.05) is 24.6 Å². The molecule has 0 atom stereocenters. The first-order valence-corrected chi connectivity index (χ1v) is 9.78. The fourth-order valence-electron chi connectivity index (χ4n) is 2.36. The van der Waals surface area contributed by atoms with Crippen LogP contribution in [0.3, 0.4) is 0 Å². The van der Waals surface area contributed by atoms with Crippen LogP contribution < -0.4 is 0 Å². The van der Waals surface area contributed by atoms with Gasteiger partial charge in [0.25, 0.3) is 0 Å². The number of rotatable bonds is 1. The second kappa shape index (κ2) is 10.7. The van der Waals surface area contributed by atoms with Gasteiger partial charge in [-0.3, -0.25) is 0 Å². The normalized spacial score (nSPS) is 22.8. The summed E-state index contributed by atoms with van der Waals surface area (Å²) >= 11 is 0. The van der Waals surface area contributed by atoms with Gasteiger partial charge in [0.1, 0.15) is 9.84 Å². The molecule has 2 fully saturated rings. The lowest BCUT2D eigenvalue weighted by molar-refractivity contribution is 0.185. The molecule has 2 rings (SSSR count). The molecule has 3 nitrogen and oxygen atoms in total. The highest BCUT2D eigenvalue weighted by Gasteiger charge is 2.14. The summed E-state index contributed by atoms with van der Waals surface area (Å²) in [5.41, 5.74) is 0. The van der Waals surface area contributed by atoms with Crippen LogP contribution in [0.2, 0.25) is 0 Å². The molecule has 0 N–H and O–H groups in total. The fraction of sp³-hybridized carbons (Fsp3) is 1.00. The Morgan fingerprint density at radius 3 is 1.47 bits per heavy atom. The maximum absolute atomic E-state index is 10.7. The molecule has 2 aliphatic rings. The molecule has 2 saturated heterocycles. The van der Waals surface area contributed by atoms with Crippen molar-refractivity contribution in [3.8, 4) is 0 Å². The Labute approximate surface area is 120 Å². The average molecular weight is 292 g/mol. The molecule has 0 saturated carbocycles. The van der Waals surface area contributed by atoms with E-state index in [1.807, 2.05) is 13.8 Å². The lowest BCUT2D eigenvalue weighted by atomic mass is 10.1. The molecule has 4 heteroatoms. The quantitative estimate of drug-likeness (QED) is 0.742. The zero-order chi connectivity index (χ0) is 14.7. The van der Waals surface area contributed by atoms with Crippen LogP contribution in [-0.4, -0.2) is 44.0 Å². The lowest BCUT2D eigenvalue weighted by Crippen LogP contribution is -2.35. The second-order valence-corrected chi connectivity index (χ2v) is 7.71. The Hall–Kier alpha value is -0.0900. The standard InChI is InChI=1S/C8H17N.C5H10O2S.C2H6/c1-8(2)9-6-4-3-5-7-9;6-8(7)4-2-1-3-5-8;1-2/h8H,3-7H2,1-2H3;1-5H2;1-2H3. The topological polar surface area (TPSA) is 37.4 Å². The molecule has 0 aromatic heterocycles. The first-order valence-electron chi connectivity index (χ1n) is 7.96. The monoisotopic (exact) mass is 291 g/mol. The van der Waals surface area contributed by atoms with E-state index >= 15 is 0 Å². The van der Waals surface area contributed by atoms with Gasteiger partial charge in [-0.1, -0.05) is 26.7 Å². The van der Waals surface area contributed by atoms with Gasteiger partial charge in [-0.15, -0.1) is 0 Å². The molecule has 0 aliphatic carbocycles. The summed E-state index contributed by atoms with van der Waals surface area (Å²) in [6.45, 7) is 11.2. The van der Waals surface area contributed by atoms with E-state index in [2.05, 4.69) is 18.7 Å². The predicted molar refractivity (Wildman–Crippen MR) is 84.4 cm³/mol. The Morgan fingerprint density at radius 1 is 0.789 bits per heavy atom. The van der Waals surface area contributed by atoms with Crippen molar-refractivity contribution in [3.63, 3.8) is 0 Å². The van der Waals surface area contributed by atoms with Crippen molar-refractivity contribution < 1.29 is 8.42 Å². The third-order valence-corrected chi connectivity index (χ3v) is 5.35. The molecule has 0 amide bonds. The molecule has 2 heterocycles. The molecular weight excluding hydrogens is 258 g/mol. The molecule has 0 bridgehead atoms. The van der Waals surface area contributed by atoms with E-state index in [0.717, 1.165) is 25.3 Å². The number of sulfone groups is 1. The summed E-state index contributed by atoms with van der Waals surface area (Å²) in [6.07, 6.45) is 7.13. The van der Waals surface area contributed by atoms with Crippen LogP contribution in [-0.2, 0) is 9.84 Å². The Kier molecular flexibility index (Phi) is 10.6. The molecule has 0 aromatic rings. The van der Waals surface area contributed by atoms with Crippen molar-refractivity contribution in [2.24, 2.45) is 0 Å². The Balaban J connectivity index is 0.000000303. The smallest absolute Gasteiger partial charge is 0.150 e. The van der Waals surface area contributed by atoms with Gasteiger partial charge in [0.2, 0.25) is 0 Å². The summed E-state index contributed by atoms with van der Waals surface area (Å²) in [4.78, 5) is 2.56. The first kappa shape index (κ1) is 18.9. The maximum atomic E-state index is 10.7. The summed E-state index contributed by atoms with van der Waals surface area (Å²) in [5.74, 6) is 0.847. The summed E-state index contributed by atoms with van der Waals surface area (Å²) < 4.78 is 21.3. The number of hydrogen-bond donors (Lipinski definition) is 0. The molecule has 19 heavy (non-hydrogen) atoms. The van der Waals surface area contributed by atoms with Crippen LogP contribution in [0.25, 0.3) is 0 Å². The lowest BCUT2D eigenvalue weighted by Gasteiger charge is -2.29. The van der Waals surface area contributed by atoms with E-state index in [1.54, 1.807) is 0 Å². The third-order valence-electron chi connectivity index (χ3n) is 3.53. The van der Waals surface area contributed by atoms with E-state index in [-0.39, 0.29) is 0 Å². The fourth-order valence-corrected chi connectivity index (χ4v) is 3.85. The predicted octanol–water partition coefficient (Wildman–Crippen LogP) is 3.49. The second-order valence-electron chi connectivity index (χ2n) is 5.40. The van der Waals surface area contributed by atoms with Crippen molar-refractivity contribution in [1.82, 2.24) is 4.90 Å². The number of hydrogen-bond acceptors (Lipinski definition) is 3. The minimum Gasteiger partial charge on any atom is -0.301 e. The average Bonchev–Trinajstić information content (AvgIpc) is 2.42. The summed E-state index contributed by atoms with van der Waals surface area (Å²) in [6, 6.07) is 0.769. The molecular formula is C15H33NO2S. The highest BCUT2D eigenvalue weighted by molar-refractivity contribution is 7.91. The van der Waals surface area contributed by atoms with Gasteiger partial charge < -0.3 is 4.90 Å². The number of likely N-dealkylation sites (tertiary alicyclic amines) is 1. The molecule has 0 unspecified atom stereocenters. The number of piperidine rings is 1. The SMILES string of the molecule is CC.CC(C)N1CCCCC1.O=S1(=O)CCCCC1. The van der Waals surface area contributed by atoms with Gasteiger partial charge in [-0.2, -0.15) is 0 Å². The minimum absolute atomic E-state index is 0.424. The zero-order valence-electron chi connectivity index (χ0n) is 13.3. The molecule has 0 radical (unpaired) electrons. The van der Waals surface area contributed by atoms with E-state index in [9.17, 15) is 8.42 Å². The summed E-state index contributed by atoms with van der Waals surface area (Å²) in [5, 5.41) is 0. The van der Waals surface area contributed by atoms with E-state index in [0.29, 0.717) is 11.5 Å². The Morgan fingerprint density at radius 2 is 1.21 bits per heavy atom. The van der Waals surface area contributed by atoms with Crippen LogP contribution >= 0.6 is 0 Å². The number of nitrogens with zero attached hydrogens (tertiary/aromatic N) is 1. The van der Waals surface area contributed by atoms with Gasteiger partial charge in [0, 0.05) is 6.04 Å². The van der Waals surface area contributed by atoms with Crippen molar-refractivity contribution in [2.45, 2.75) is 72.3 Å². The highest BCUT2D eigenvalue weighted by atomic mass is 32.2. The maximum Gasteiger partial charge on any atom is 0.150 e. The van der Waals surface area contributed by atoms with Gasteiger partial charge in [0.15, 0.2) is 0 Å². The van der Waals surface area contributed by atoms with Crippen LogP contribution in [0.4, 0.5) is 0 Å². The van der Waals surface area contributed by atoms with Gasteiger partial charge in [-0.25, -0.2) is 8.42 Å². The van der Waals surface area contributed by atoms with E-state index < -0.39 is 9.84 Å². The molecule has 0 spiro atoms. The van der Waals surface area contributed by atoms with Gasteiger partial charge in [-0.05, 0) is 52.6 Å². The van der Waals surface area contributed by atoms with Crippen LogP contribution in [0.1, 0.15) is 66.2 Å². The summed E-state index contributed by atoms with van der Waals surface area (Å²) in [7, 11) is -2.58. The minimum atomic E-state index is -2.58. The van der Waals surface area contributed by atoms with Crippen molar-refractivity contribution in [3.05, 3.63) is 0 Å². The van der Waals surface area contributed by atoms with Crippen molar-refractivity contribution >= 4 is 9.84 Å². The molecule has 116 valence electrons. The van der Waals surface area contributed by atoms with E-state index in [4.69, 9.17) is 0 Å². The zero-order valence-corrected chi connectivity index (χ0v) is 14.1. The van der Waals surface area contributed by atoms with Crippen molar-refractivity contribution in [1.29, 1.82) is 0 Å². The van der Waals surface area contributed by atoms with Crippen LogP contribution in [0.5, 0.6) is 0 Å². The molecule has 2 aliphatic heterocycles. The molecule has 0 aromatic carbocycles. The van der Waals surface area contributed by atoms with Crippen LogP contribution in [0, 0.1) is 0 Å². The Bertz CT molecular complexity index is 281. The van der Waals surface area contributed by atoms with Crippen LogP contribution in [0.15, 0.2) is 0 Å². The van der Waals surface area contributed by atoms with Gasteiger partial charge in [0.05, 0.1) is 11.5 Å². The largest absolute Gasteiger partial charge is 0.301 e.